The number of rotatable bonds is 4. The van der Waals surface area contributed by atoms with Crippen molar-refractivity contribution in [3.63, 3.8) is 0 Å². The molecule has 2 aromatic carbocycles. The van der Waals surface area contributed by atoms with E-state index in [1.165, 1.54) is 43.4 Å². The van der Waals surface area contributed by atoms with Crippen LogP contribution in [-0.4, -0.2) is 23.2 Å². The predicted octanol–water partition coefficient (Wildman–Crippen LogP) is 3.64. The van der Waals surface area contributed by atoms with Crippen molar-refractivity contribution in [2.45, 2.75) is 0 Å². The molecule has 0 atom stereocenters. The summed E-state index contributed by atoms with van der Waals surface area (Å²) in [5, 5.41) is 19.9. The fourth-order valence-electron chi connectivity index (χ4n) is 1.73. The number of nitro groups is 1. The van der Waals surface area contributed by atoms with Gasteiger partial charge in [-0.1, -0.05) is 0 Å². The zero-order valence-corrected chi connectivity index (χ0v) is 11.4. The van der Waals surface area contributed by atoms with Crippen LogP contribution in [0.15, 0.2) is 42.5 Å². The van der Waals surface area contributed by atoms with Gasteiger partial charge < -0.3 is 9.84 Å². The highest BCUT2D eigenvalue weighted by molar-refractivity contribution is 5.89. The monoisotopic (exact) mass is 306 g/mol. The molecule has 0 bridgehead atoms. The number of benzene rings is 2. The Morgan fingerprint density at radius 1 is 1.23 bits per heavy atom. The molecule has 0 saturated heterocycles. The third kappa shape index (κ3) is 3.29. The summed E-state index contributed by atoms with van der Waals surface area (Å²) in [4.78, 5) is 22.0. The van der Waals surface area contributed by atoms with E-state index in [1.807, 2.05) is 0 Å². The number of carbonyl (C=O) groups is 1. The average Bonchev–Trinajstić information content (AvgIpc) is 2.48. The maximum atomic E-state index is 12.8. The summed E-state index contributed by atoms with van der Waals surface area (Å²) < 4.78 is 18.3. The third-order valence-electron chi connectivity index (χ3n) is 2.84. The van der Waals surface area contributed by atoms with E-state index in [1.54, 1.807) is 0 Å². The highest BCUT2D eigenvalue weighted by Crippen LogP contribution is 2.33. The van der Waals surface area contributed by atoms with Crippen LogP contribution < -0.4 is 9.64 Å². The van der Waals surface area contributed by atoms with Crippen molar-refractivity contribution in [3.8, 4) is 11.5 Å². The molecule has 0 aliphatic heterocycles. The Balaban J connectivity index is 2.37. The molecule has 0 aromatic heterocycles. The fraction of sp³-hybridized carbons (Fsp3) is 0.0714. The van der Waals surface area contributed by atoms with Crippen LogP contribution in [0.1, 0.15) is 0 Å². The molecular weight excluding hydrogens is 295 g/mol. The number of hydrogen-bond donors (Lipinski definition) is 1. The highest BCUT2D eigenvalue weighted by Gasteiger charge is 2.22. The molecule has 0 heterocycles. The summed E-state index contributed by atoms with van der Waals surface area (Å²) in [5.74, 6) is 0.0850. The van der Waals surface area contributed by atoms with Crippen LogP contribution in [-0.2, 0) is 0 Å². The largest absolute Gasteiger partial charge is 0.465 e. The van der Waals surface area contributed by atoms with E-state index in [0.717, 1.165) is 11.0 Å². The van der Waals surface area contributed by atoms with Crippen molar-refractivity contribution in [2.75, 3.05) is 11.9 Å². The molecule has 22 heavy (non-hydrogen) atoms. The SMILES string of the molecule is CN(C(=O)O)c1cc(Oc2ccc(F)cc2)ccc1[N+](=O)[O-]. The van der Waals surface area contributed by atoms with Crippen LogP contribution >= 0.6 is 0 Å². The zero-order chi connectivity index (χ0) is 16.3. The third-order valence-corrected chi connectivity index (χ3v) is 2.84. The van der Waals surface area contributed by atoms with Gasteiger partial charge in [0.2, 0.25) is 0 Å². The smallest absolute Gasteiger partial charge is 0.411 e. The molecule has 1 N–H and O–H groups in total. The lowest BCUT2D eigenvalue weighted by Gasteiger charge is -2.14. The number of halogens is 1. The molecule has 2 rings (SSSR count). The molecule has 0 fully saturated rings. The van der Waals surface area contributed by atoms with Crippen LogP contribution in [0.2, 0.25) is 0 Å². The Morgan fingerprint density at radius 2 is 1.82 bits per heavy atom. The summed E-state index contributed by atoms with van der Waals surface area (Å²) in [6, 6.07) is 8.88. The lowest BCUT2D eigenvalue weighted by molar-refractivity contribution is -0.384. The van der Waals surface area contributed by atoms with Crippen molar-refractivity contribution in [3.05, 3.63) is 58.4 Å². The molecule has 0 saturated carbocycles. The Morgan fingerprint density at radius 3 is 2.36 bits per heavy atom. The Hall–Kier alpha value is -3.16. The fourth-order valence-corrected chi connectivity index (χ4v) is 1.73. The van der Waals surface area contributed by atoms with Gasteiger partial charge >= 0.3 is 6.09 Å². The van der Waals surface area contributed by atoms with Crippen molar-refractivity contribution in [2.24, 2.45) is 0 Å². The maximum Gasteiger partial charge on any atom is 0.411 e. The van der Waals surface area contributed by atoms with Gasteiger partial charge in [0.25, 0.3) is 5.69 Å². The van der Waals surface area contributed by atoms with E-state index < -0.39 is 16.8 Å². The topological polar surface area (TPSA) is 92.9 Å². The Bertz CT molecular complexity index is 718. The number of anilines is 1. The zero-order valence-electron chi connectivity index (χ0n) is 11.4. The lowest BCUT2D eigenvalue weighted by Crippen LogP contribution is -2.24. The van der Waals surface area contributed by atoms with Gasteiger partial charge in [0.05, 0.1) is 4.92 Å². The molecule has 1 amide bonds. The quantitative estimate of drug-likeness (QED) is 0.687. The second kappa shape index (κ2) is 6.08. The first kappa shape index (κ1) is 15.2. The van der Waals surface area contributed by atoms with Gasteiger partial charge in [-0.2, -0.15) is 0 Å². The van der Waals surface area contributed by atoms with E-state index in [-0.39, 0.29) is 17.1 Å². The standard InChI is InChI=1S/C14H11FN2O5/c1-16(14(18)19)13-8-11(6-7-12(13)17(20)21)22-10-4-2-9(15)3-5-10/h2-8H,1H3,(H,18,19). The molecular formula is C14H11FN2O5. The number of nitro benzene ring substituents is 1. The molecule has 2 aromatic rings. The summed E-state index contributed by atoms with van der Waals surface area (Å²) in [7, 11) is 1.19. The van der Waals surface area contributed by atoms with Crippen molar-refractivity contribution < 1.29 is 24.0 Å². The first-order valence-electron chi connectivity index (χ1n) is 6.07. The molecule has 0 radical (unpaired) electrons. The summed E-state index contributed by atoms with van der Waals surface area (Å²) >= 11 is 0. The van der Waals surface area contributed by atoms with Crippen molar-refractivity contribution >= 4 is 17.5 Å². The van der Waals surface area contributed by atoms with E-state index in [0.29, 0.717) is 5.75 Å². The molecule has 7 nitrogen and oxygen atoms in total. The normalized spacial score (nSPS) is 10.1. The van der Waals surface area contributed by atoms with E-state index in [4.69, 9.17) is 9.84 Å². The number of hydrogen-bond acceptors (Lipinski definition) is 4. The van der Waals surface area contributed by atoms with Gasteiger partial charge in [0, 0.05) is 19.2 Å². The first-order chi connectivity index (χ1) is 10.4. The highest BCUT2D eigenvalue weighted by atomic mass is 19.1. The van der Waals surface area contributed by atoms with Gasteiger partial charge in [0.1, 0.15) is 23.0 Å². The van der Waals surface area contributed by atoms with E-state index in [9.17, 15) is 19.3 Å². The van der Waals surface area contributed by atoms with Crippen molar-refractivity contribution in [1.29, 1.82) is 0 Å². The minimum Gasteiger partial charge on any atom is -0.465 e. The van der Waals surface area contributed by atoms with Crippen LogP contribution in [0.3, 0.4) is 0 Å². The van der Waals surface area contributed by atoms with Gasteiger partial charge in [-0.3, -0.25) is 15.0 Å². The van der Waals surface area contributed by atoms with Crippen LogP contribution in [0, 0.1) is 15.9 Å². The number of nitrogens with zero attached hydrogens (tertiary/aromatic N) is 2. The van der Waals surface area contributed by atoms with Gasteiger partial charge in [0.15, 0.2) is 0 Å². The molecule has 0 aliphatic rings. The summed E-state index contributed by atoms with van der Waals surface area (Å²) in [6.45, 7) is 0. The summed E-state index contributed by atoms with van der Waals surface area (Å²) in [6.07, 6.45) is -1.35. The van der Waals surface area contributed by atoms with Crippen LogP contribution in [0.4, 0.5) is 20.6 Å². The molecule has 0 aliphatic carbocycles. The van der Waals surface area contributed by atoms with Gasteiger partial charge in [-0.15, -0.1) is 0 Å². The molecule has 8 heteroatoms. The molecule has 114 valence electrons. The number of amides is 1. The minimum atomic E-state index is -1.35. The minimum absolute atomic E-state index is 0.128. The van der Waals surface area contributed by atoms with Gasteiger partial charge in [-0.25, -0.2) is 9.18 Å². The van der Waals surface area contributed by atoms with E-state index in [2.05, 4.69) is 0 Å². The average molecular weight is 306 g/mol. The number of ether oxygens (including phenoxy) is 1. The first-order valence-corrected chi connectivity index (χ1v) is 6.07. The second-order valence-corrected chi connectivity index (χ2v) is 4.31. The van der Waals surface area contributed by atoms with Crippen molar-refractivity contribution in [1.82, 2.24) is 0 Å². The van der Waals surface area contributed by atoms with Crippen LogP contribution in [0.5, 0.6) is 11.5 Å². The molecule has 0 unspecified atom stereocenters. The number of carboxylic acid groups (broad SMARTS) is 1. The summed E-state index contributed by atoms with van der Waals surface area (Å²) in [5.41, 5.74) is -0.492. The van der Waals surface area contributed by atoms with E-state index >= 15 is 0 Å². The Labute approximate surface area is 124 Å². The molecule has 0 spiro atoms. The lowest BCUT2D eigenvalue weighted by atomic mass is 10.2. The maximum absolute atomic E-state index is 12.8. The van der Waals surface area contributed by atoms with Crippen LogP contribution in [0.25, 0.3) is 0 Å². The van der Waals surface area contributed by atoms with Gasteiger partial charge in [-0.05, 0) is 30.3 Å². The second-order valence-electron chi connectivity index (χ2n) is 4.31. The Kier molecular flexibility index (Phi) is 4.21. The predicted molar refractivity (Wildman–Crippen MR) is 76.0 cm³/mol.